The van der Waals surface area contributed by atoms with Crippen molar-refractivity contribution in [1.82, 2.24) is 0 Å². The molecule has 0 unspecified atom stereocenters. The van der Waals surface area contributed by atoms with Crippen molar-refractivity contribution in [2.75, 3.05) is 0 Å². The van der Waals surface area contributed by atoms with Crippen molar-refractivity contribution >= 4 is 24.8 Å². The van der Waals surface area contributed by atoms with Gasteiger partial charge in [-0.15, -0.1) is 31.7 Å². The normalized spacial score (nSPS) is 18.1. The first-order chi connectivity index (χ1) is 4.45. The van der Waals surface area contributed by atoms with Crippen LogP contribution in [0.1, 0.15) is 34.6 Å². The fraction of sp³-hybridized carbons (Fsp3) is 0.600. The van der Waals surface area contributed by atoms with Gasteiger partial charge in [0.15, 0.2) is 0 Å². The van der Waals surface area contributed by atoms with Crippen LogP contribution >= 0.6 is 24.8 Å². The van der Waals surface area contributed by atoms with Gasteiger partial charge < -0.3 is 0 Å². The maximum atomic E-state index is 3.44. The number of halogens is 2. The zero-order valence-electron chi connectivity index (χ0n) is 8.72. The van der Waals surface area contributed by atoms with Crippen molar-refractivity contribution in [2.24, 2.45) is 5.41 Å². The molecule has 0 spiro atoms. The summed E-state index contributed by atoms with van der Waals surface area (Å²) in [5, 5.41) is 0. The largest absolute Gasteiger partial charge is 0.263 e. The van der Waals surface area contributed by atoms with Gasteiger partial charge in [0.25, 0.3) is 0 Å². The van der Waals surface area contributed by atoms with Crippen LogP contribution in [0.2, 0.25) is 0 Å². The van der Waals surface area contributed by atoms with Crippen LogP contribution in [0.4, 0.5) is 0 Å². The van der Waals surface area contributed by atoms with Crippen LogP contribution in [0.3, 0.4) is 0 Å². The second-order valence-electron chi connectivity index (χ2n) is 3.62. The average Bonchev–Trinajstić information content (AvgIpc) is 1.95. The first-order valence-corrected chi connectivity index (χ1v) is 3.75. The maximum Gasteiger partial charge on any atom is 0 e. The van der Waals surface area contributed by atoms with E-state index in [1.807, 2.05) is 0 Å². The predicted molar refractivity (Wildman–Crippen MR) is 59.1 cm³/mol. The van der Waals surface area contributed by atoms with Crippen molar-refractivity contribution in [3.05, 3.63) is 22.8 Å². The molecular formula is C10H17Cl2Cr-. The van der Waals surface area contributed by atoms with E-state index < -0.39 is 0 Å². The van der Waals surface area contributed by atoms with E-state index in [9.17, 15) is 0 Å². The minimum Gasteiger partial charge on any atom is -0.263 e. The SMILES string of the molecule is CC1=[C-]C(C)(C)C(C)=C1C.Cl.Cl.[Cr]. The molecule has 0 heterocycles. The maximum absolute atomic E-state index is 3.44. The van der Waals surface area contributed by atoms with E-state index in [-0.39, 0.29) is 47.6 Å². The molecule has 0 saturated heterocycles. The molecule has 1 aliphatic carbocycles. The number of rotatable bonds is 0. The van der Waals surface area contributed by atoms with Crippen LogP contribution < -0.4 is 0 Å². The molecule has 0 bridgehead atoms. The summed E-state index contributed by atoms with van der Waals surface area (Å²) in [5.74, 6) is 0. The first-order valence-electron chi connectivity index (χ1n) is 3.75. The van der Waals surface area contributed by atoms with Gasteiger partial charge in [-0.1, -0.05) is 33.1 Å². The van der Waals surface area contributed by atoms with Crippen LogP contribution in [0.15, 0.2) is 16.7 Å². The topological polar surface area (TPSA) is 0 Å². The number of allylic oxidation sites excluding steroid dienone is 4. The van der Waals surface area contributed by atoms with Crippen molar-refractivity contribution < 1.29 is 17.4 Å². The summed E-state index contributed by atoms with van der Waals surface area (Å²) in [6.45, 7) is 10.9. The van der Waals surface area contributed by atoms with Crippen LogP contribution in [0, 0.1) is 11.5 Å². The van der Waals surface area contributed by atoms with E-state index in [4.69, 9.17) is 0 Å². The summed E-state index contributed by atoms with van der Waals surface area (Å²) >= 11 is 0. The Hall–Kier alpha value is 0.592. The number of hydrogen-bond acceptors (Lipinski definition) is 0. The third-order valence-corrected chi connectivity index (χ3v) is 2.56. The summed E-state index contributed by atoms with van der Waals surface area (Å²) in [7, 11) is 0. The van der Waals surface area contributed by atoms with E-state index in [0.717, 1.165) is 0 Å². The molecule has 0 aromatic carbocycles. The predicted octanol–water partition coefficient (Wildman–Crippen LogP) is 3.95. The first kappa shape index (κ1) is 19.2. The molecule has 0 atom stereocenters. The van der Waals surface area contributed by atoms with E-state index in [2.05, 4.69) is 40.7 Å². The molecule has 0 fully saturated rings. The molecule has 78 valence electrons. The van der Waals surface area contributed by atoms with Gasteiger partial charge in [0.05, 0.1) is 0 Å². The van der Waals surface area contributed by atoms with Crippen LogP contribution in [0.25, 0.3) is 0 Å². The Kier molecular flexibility index (Phi) is 9.08. The van der Waals surface area contributed by atoms with Gasteiger partial charge in [-0.3, -0.25) is 6.08 Å². The zero-order valence-corrected chi connectivity index (χ0v) is 11.6. The minimum absolute atomic E-state index is 0. The molecule has 0 N–H and O–H groups in total. The van der Waals surface area contributed by atoms with Gasteiger partial charge >= 0.3 is 0 Å². The van der Waals surface area contributed by atoms with E-state index in [0.29, 0.717) is 0 Å². The van der Waals surface area contributed by atoms with Crippen molar-refractivity contribution in [1.29, 1.82) is 0 Å². The van der Waals surface area contributed by atoms with Gasteiger partial charge in [-0.25, -0.2) is 5.57 Å². The van der Waals surface area contributed by atoms with E-state index >= 15 is 0 Å². The Morgan fingerprint density at radius 2 is 1.38 bits per heavy atom. The molecule has 0 radical (unpaired) electrons. The summed E-state index contributed by atoms with van der Waals surface area (Å²) in [4.78, 5) is 0. The fourth-order valence-corrected chi connectivity index (χ4v) is 1.41. The third-order valence-electron chi connectivity index (χ3n) is 2.56. The zero-order chi connectivity index (χ0) is 7.94. The molecule has 1 rings (SSSR count). The number of hydrogen-bond donors (Lipinski definition) is 0. The van der Waals surface area contributed by atoms with Gasteiger partial charge in [0, 0.05) is 17.4 Å². The van der Waals surface area contributed by atoms with Gasteiger partial charge in [-0.05, 0) is 0 Å². The molecule has 0 nitrogen and oxygen atoms in total. The Morgan fingerprint density at radius 3 is 1.46 bits per heavy atom. The molecule has 0 aromatic heterocycles. The molecule has 0 aliphatic heterocycles. The van der Waals surface area contributed by atoms with Crippen molar-refractivity contribution in [2.45, 2.75) is 34.6 Å². The quantitative estimate of drug-likeness (QED) is 0.578. The summed E-state index contributed by atoms with van der Waals surface area (Å²) in [6, 6.07) is 0. The molecular weight excluding hydrogens is 243 g/mol. The van der Waals surface area contributed by atoms with Gasteiger partial charge in [0.2, 0.25) is 0 Å². The van der Waals surface area contributed by atoms with Crippen LogP contribution in [0.5, 0.6) is 0 Å². The van der Waals surface area contributed by atoms with Crippen molar-refractivity contribution in [3.8, 4) is 0 Å². The molecule has 0 saturated carbocycles. The summed E-state index contributed by atoms with van der Waals surface area (Å²) in [5.41, 5.74) is 4.39. The molecule has 0 amide bonds. The van der Waals surface area contributed by atoms with Crippen LogP contribution in [-0.2, 0) is 17.4 Å². The summed E-state index contributed by atoms with van der Waals surface area (Å²) in [6.07, 6.45) is 3.44. The second-order valence-corrected chi connectivity index (χ2v) is 3.62. The third kappa shape index (κ3) is 3.68. The Labute approximate surface area is 105 Å². The van der Waals surface area contributed by atoms with Crippen LogP contribution in [-0.4, -0.2) is 0 Å². The minimum atomic E-state index is 0. The average molecular weight is 260 g/mol. The Balaban J connectivity index is -0.000000333. The smallest absolute Gasteiger partial charge is 0 e. The summed E-state index contributed by atoms with van der Waals surface area (Å²) < 4.78 is 0. The molecule has 13 heavy (non-hydrogen) atoms. The van der Waals surface area contributed by atoms with Gasteiger partial charge in [0.1, 0.15) is 0 Å². The van der Waals surface area contributed by atoms with E-state index in [1.54, 1.807) is 0 Å². The Bertz CT molecular complexity index is 227. The van der Waals surface area contributed by atoms with Gasteiger partial charge in [-0.2, -0.15) is 11.1 Å². The Morgan fingerprint density at radius 1 is 1.00 bits per heavy atom. The molecule has 3 heteroatoms. The van der Waals surface area contributed by atoms with E-state index in [1.165, 1.54) is 16.7 Å². The standard InChI is InChI=1S/C10H15.2ClH.Cr/c1-7-6-10(4,5)9(3)8(7)2;;;/h1-5H3;2*1H;/q-1;;;. The molecule has 0 aromatic rings. The van der Waals surface area contributed by atoms with Crippen molar-refractivity contribution in [3.63, 3.8) is 0 Å². The monoisotopic (exact) mass is 259 g/mol. The molecule has 1 aliphatic rings. The fourth-order valence-electron chi connectivity index (χ4n) is 1.41. The second kappa shape index (κ2) is 6.15.